The zero-order valence-corrected chi connectivity index (χ0v) is 14.7. The number of sulfonamides is 1. The quantitative estimate of drug-likeness (QED) is 0.645. The highest BCUT2D eigenvalue weighted by Gasteiger charge is 2.30. The van der Waals surface area contributed by atoms with E-state index in [1.54, 1.807) is 6.92 Å². The van der Waals surface area contributed by atoms with Crippen LogP contribution in [0.25, 0.3) is 0 Å². The summed E-state index contributed by atoms with van der Waals surface area (Å²) in [6.07, 6.45) is 0.585. The maximum atomic E-state index is 12.6. The number of nitrogens with one attached hydrogen (secondary N) is 1. The first kappa shape index (κ1) is 19.4. The molecule has 0 heterocycles. The summed E-state index contributed by atoms with van der Waals surface area (Å²) in [6, 6.07) is 3.96. The molecule has 0 aromatic heterocycles. The van der Waals surface area contributed by atoms with Crippen molar-refractivity contribution in [1.29, 1.82) is 0 Å². The lowest BCUT2D eigenvalue weighted by molar-refractivity contribution is 0.0997. The van der Waals surface area contributed by atoms with Crippen molar-refractivity contribution < 1.29 is 17.9 Å². The molecular weight excluding hydrogens is 318 g/mol. The molecule has 1 aromatic carbocycles. The lowest BCUT2D eigenvalue weighted by atomic mass is 9.92. The van der Waals surface area contributed by atoms with Crippen LogP contribution in [-0.4, -0.2) is 33.5 Å². The number of nitrogens with two attached hydrogens (primary N) is 2. The number of methoxy groups -OCH3 is 1. The Kier molecular flexibility index (Phi) is 6.15. The average molecular weight is 343 g/mol. The van der Waals surface area contributed by atoms with Gasteiger partial charge in [0, 0.05) is 12.1 Å². The molecule has 0 aliphatic carbocycles. The maximum absolute atomic E-state index is 12.6. The molecular formula is C15H25N3O4S. The summed E-state index contributed by atoms with van der Waals surface area (Å²) >= 11 is 0. The van der Waals surface area contributed by atoms with E-state index in [9.17, 15) is 13.2 Å². The van der Waals surface area contributed by atoms with Crippen molar-refractivity contribution in [3.05, 3.63) is 23.8 Å². The van der Waals surface area contributed by atoms with Crippen LogP contribution < -0.4 is 20.9 Å². The van der Waals surface area contributed by atoms with Gasteiger partial charge in [0.1, 0.15) is 5.75 Å². The number of rotatable bonds is 8. The van der Waals surface area contributed by atoms with Crippen LogP contribution in [0.3, 0.4) is 0 Å². The Morgan fingerprint density at radius 3 is 2.43 bits per heavy atom. The first-order valence-electron chi connectivity index (χ1n) is 7.26. The molecule has 1 amide bonds. The second-order valence-corrected chi connectivity index (χ2v) is 7.88. The fourth-order valence-corrected chi connectivity index (χ4v) is 3.95. The number of ether oxygens (including phenoxy) is 1. The van der Waals surface area contributed by atoms with E-state index >= 15 is 0 Å². The molecule has 0 aliphatic rings. The predicted molar refractivity (Wildman–Crippen MR) is 88.7 cm³/mol. The van der Waals surface area contributed by atoms with E-state index in [1.165, 1.54) is 25.3 Å². The number of hydrogen-bond donors (Lipinski definition) is 3. The zero-order chi connectivity index (χ0) is 17.8. The summed E-state index contributed by atoms with van der Waals surface area (Å²) in [5.74, 6) is -0.272. The zero-order valence-electron chi connectivity index (χ0n) is 13.9. The highest BCUT2D eigenvalue weighted by molar-refractivity contribution is 7.89. The predicted octanol–water partition coefficient (Wildman–Crippen LogP) is 0.836. The standard InChI is InChI=1S/C15H25N3O4S/c1-10(2)8-15(3,9-16)18-23(20,21)11-5-6-13(22-4)12(7-11)14(17)19/h5-7,10,18H,8-9,16H2,1-4H3,(H2,17,19). The SMILES string of the molecule is COc1ccc(S(=O)(=O)NC(C)(CN)CC(C)C)cc1C(N)=O. The average Bonchev–Trinajstić information content (AvgIpc) is 2.44. The van der Waals surface area contributed by atoms with E-state index in [0.717, 1.165) is 0 Å². The number of primary amides is 1. The molecule has 7 nitrogen and oxygen atoms in total. The second kappa shape index (κ2) is 7.29. The van der Waals surface area contributed by atoms with E-state index in [-0.39, 0.29) is 28.7 Å². The Morgan fingerprint density at radius 1 is 1.39 bits per heavy atom. The van der Waals surface area contributed by atoms with Crippen molar-refractivity contribution in [2.45, 2.75) is 37.6 Å². The van der Waals surface area contributed by atoms with Gasteiger partial charge in [-0.3, -0.25) is 4.79 Å². The molecule has 0 fully saturated rings. The van der Waals surface area contributed by atoms with Gasteiger partial charge in [0.25, 0.3) is 5.91 Å². The Bertz CT molecular complexity index is 673. The van der Waals surface area contributed by atoms with Crippen LogP contribution in [0, 0.1) is 5.92 Å². The number of benzene rings is 1. The normalized spacial score (nSPS) is 14.5. The Morgan fingerprint density at radius 2 is 2.00 bits per heavy atom. The topological polar surface area (TPSA) is 125 Å². The maximum Gasteiger partial charge on any atom is 0.252 e. The van der Waals surface area contributed by atoms with E-state index in [4.69, 9.17) is 16.2 Å². The van der Waals surface area contributed by atoms with E-state index in [1.807, 2.05) is 13.8 Å². The van der Waals surface area contributed by atoms with Crippen molar-refractivity contribution in [2.24, 2.45) is 17.4 Å². The fourth-order valence-electron chi connectivity index (χ4n) is 2.50. The van der Waals surface area contributed by atoms with Crippen molar-refractivity contribution >= 4 is 15.9 Å². The van der Waals surface area contributed by atoms with Crippen molar-refractivity contribution in [3.8, 4) is 5.75 Å². The third-order valence-corrected chi connectivity index (χ3v) is 5.07. The van der Waals surface area contributed by atoms with Crippen LogP contribution in [0.2, 0.25) is 0 Å². The molecule has 1 aromatic rings. The Hall–Kier alpha value is -1.64. The number of hydrogen-bond acceptors (Lipinski definition) is 5. The van der Waals surface area contributed by atoms with E-state index < -0.39 is 21.5 Å². The summed E-state index contributed by atoms with van der Waals surface area (Å²) < 4.78 is 32.8. The highest BCUT2D eigenvalue weighted by atomic mass is 32.2. The van der Waals surface area contributed by atoms with Crippen LogP contribution in [0.15, 0.2) is 23.1 Å². The molecule has 8 heteroatoms. The number of carbonyl (C=O) groups is 1. The first-order valence-corrected chi connectivity index (χ1v) is 8.75. The monoisotopic (exact) mass is 343 g/mol. The van der Waals surface area contributed by atoms with Crippen LogP contribution >= 0.6 is 0 Å². The van der Waals surface area contributed by atoms with Gasteiger partial charge in [-0.25, -0.2) is 13.1 Å². The van der Waals surface area contributed by atoms with Gasteiger partial charge in [-0.15, -0.1) is 0 Å². The third-order valence-electron chi connectivity index (χ3n) is 3.44. The summed E-state index contributed by atoms with van der Waals surface area (Å²) in [4.78, 5) is 11.4. The minimum absolute atomic E-state index is 0.00804. The van der Waals surface area contributed by atoms with E-state index in [0.29, 0.717) is 6.42 Å². The number of amides is 1. The molecule has 1 unspecified atom stereocenters. The van der Waals surface area contributed by atoms with Gasteiger partial charge in [0.2, 0.25) is 10.0 Å². The lowest BCUT2D eigenvalue weighted by Crippen LogP contribution is -2.52. The minimum atomic E-state index is -3.85. The third kappa shape index (κ3) is 4.92. The highest BCUT2D eigenvalue weighted by Crippen LogP contribution is 2.24. The molecule has 23 heavy (non-hydrogen) atoms. The lowest BCUT2D eigenvalue weighted by Gasteiger charge is -2.30. The van der Waals surface area contributed by atoms with Gasteiger partial charge < -0.3 is 16.2 Å². The van der Waals surface area contributed by atoms with E-state index in [2.05, 4.69) is 4.72 Å². The number of carbonyl (C=O) groups excluding carboxylic acids is 1. The minimum Gasteiger partial charge on any atom is -0.496 e. The van der Waals surface area contributed by atoms with Crippen molar-refractivity contribution in [3.63, 3.8) is 0 Å². The van der Waals surface area contributed by atoms with Crippen LogP contribution in [0.1, 0.15) is 37.6 Å². The molecule has 1 atom stereocenters. The summed E-state index contributed by atoms with van der Waals surface area (Å²) in [7, 11) is -2.47. The molecule has 130 valence electrons. The molecule has 0 saturated carbocycles. The van der Waals surface area contributed by atoms with Gasteiger partial charge >= 0.3 is 0 Å². The Balaban J connectivity index is 3.23. The molecule has 0 aliphatic heterocycles. The summed E-state index contributed by atoms with van der Waals surface area (Å²) in [5.41, 5.74) is 10.2. The smallest absolute Gasteiger partial charge is 0.252 e. The molecule has 0 spiro atoms. The van der Waals surface area contributed by atoms with Crippen molar-refractivity contribution in [1.82, 2.24) is 4.72 Å². The Labute approximate surface area is 137 Å². The molecule has 0 saturated heterocycles. The molecule has 1 rings (SSSR count). The molecule has 0 radical (unpaired) electrons. The fraction of sp³-hybridized carbons (Fsp3) is 0.533. The van der Waals surface area contributed by atoms with Crippen LogP contribution in [0.5, 0.6) is 5.75 Å². The van der Waals surface area contributed by atoms with Crippen LogP contribution in [-0.2, 0) is 10.0 Å². The van der Waals surface area contributed by atoms with Crippen molar-refractivity contribution in [2.75, 3.05) is 13.7 Å². The molecule has 5 N–H and O–H groups in total. The second-order valence-electron chi connectivity index (χ2n) is 6.19. The van der Waals surface area contributed by atoms with Gasteiger partial charge in [0.15, 0.2) is 0 Å². The van der Waals surface area contributed by atoms with Gasteiger partial charge in [-0.2, -0.15) is 0 Å². The largest absolute Gasteiger partial charge is 0.496 e. The van der Waals surface area contributed by atoms with Crippen LogP contribution in [0.4, 0.5) is 0 Å². The molecule has 0 bridgehead atoms. The first-order chi connectivity index (χ1) is 10.5. The summed E-state index contributed by atoms with van der Waals surface area (Å²) in [5, 5.41) is 0. The van der Waals surface area contributed by atoms with Gasteiger partial charge in [0.05, 0.1) is 17.6 Å². The van der Waals surface area contributed by atoms with Gasteiger partial charge in [-0.1, -0.05) is 13.8 Å². The summed E-state index contributed by atoms with van der Waals surface area (Å²) in [6.45, 7) is 5.88. The van der Waals surface area contributed by atoms with Gasteiger partial charge in [-0.05, 0) is 37.5 Å².